The maximum Gasteiger partial charge on any atom is 0.268 e. The van der Waals surface area contributed by atoms with Crippen LogP contribution in [-0.4, -0.2) is 29.5 Å². The molecule has 4 heteroatoms. The summed E-state index contributed by atoms with van der Waals surface area (Å²) in [4.78, 5) is 19.9. The largest absolute Gasteiger partial charge is 0.308 e. The van der Waals surface area contributed by atoms with Crippen molar-refractivity contribution in [3.63, 3.8) is 0 Å². The molecule has 0 aromatic heterocycles. The fourth-order valence-electron chi connectivity index (χ4n) is 0.902. The Balaban J connectivity index is 2.37. The number of allylic oxidation sites excluding steroid dienone is 1. The highest BCUT2D eigenvalue weighted by atomic mass is 16.2. The van der Waals surface area contributed by atoms with Gasteiger partial charge in [-0.2, -0.15) is 4.99 Å². The van der Waals surface area contributed by atoms with Crippen molar-refractivity contribution in [3.8, 4) is 0 Å². The van der Waals surface area contributed by atoms with Gasteiger partial charge in [-0.05, 0) is 6.08 Å². The van der Waals surface area contributed by atoms with Crippen LogP contribution < -0.4 is 0 Å². The minimum absolute atomic E-state index is 0.126. The van der Waals surface area contributed by atoms with Gasteiger partial charge in [0.1, 0.15) is 6.54 Å². The van der Waals surface area contributed by atoms with E-state index in [0.717, 1.165) is 0 Å². The fourth-order valence-corrected chi connectivity index (χ4v) is 0.902. The molecule has 2 rings (SSSR count). The van der Waals surface area contributed by atoms with E-state index in [-0.39, 0.29) is 5.91 Å². The molecule has 0 aromatic rings. The van der Waals surface area contributed by atoms with Crippen molar-refractivity contribution in [3.05, 3.63) is 12.3 Å². The van der Waals surface area contributed by atoms with Gasteiger partial charge >= 0.3 is 0 Å². The Labute approximate surface area is 57.6 Å². The topological polar surface area (TPSA) is 45.0 Å². The van der Waals surface area contributed by atoms with E-state index in [2.05, 4.69) is 9.98 Å². The number of fused-ring (bicyclic) bond motifs is 1. The first-order chi connectivity index (χ1) is 4.86. The summed E-state index contributed by atoms with van der Waals surface area (Å²) >= 11 is 0. The lowest BCUT2D eigenvalue weighted by molar-refractivity contribution is -0.116. The first-order valence-corrected chi connectivity index (χ1v) is 2.95. The molecule has 0 N–H and O–H groups in total. The van der Waals surface area contributed by atoms with E-state index in [4.69, 9.17) is 0 Å². The normalized spacial score (nSPS) is 21.4. The highest BCUT2D eigenvalue weighted by molar-refractivity contribution is 6.06. The summed E-state index contributed by atoms with van der Waals surface area (Å²) in [6, 6.07) is 0. The summed E-state index contributed by atoms with van der Waals surface area (Å²) in [5.41, 5.74) is 0. The standard InChI is InChI=1S/C6H5N3O/c10-5-4-9-3-1-2-7-6(9)8-5/h1-3H,4H2. The van der Waals surface area contributed by atoms with Crippen LogP contribution in [0.25, 0.3) is 0 Å². The average Bonchev–Trinajstić information content (AvgIpc) is 2.27. The minimum atomic E-state index is -0.126. The second-order valence-corrected chi connectivity index (χ2v) is 2.05. The summed E-state index contributed by atoms with van der Waals surface area (Å²) in [5.74, 6) is 0.381. The molecule has 0 spiro atoms. The molecule has 0 atom stereocenters. The third kappa shape index (κ3) is 0.655. The van der Waals surface area contributed by atoms with Crippen molar-refractivity contribution in [1.82, 2.24) is 4.90 Å². The van der Waals surface area contributed by atoms with Crippen LogP contribution in [0, 0.1) is 0 Å². The van der Waals surface area contributed by atoms with Gasteiger partial charge in [-0.15, -0.1) is 0 Å². The lowest BCUT2D eigenvalue weighted by atomic mass is 10.5. The van der Waals surface area contributed by atoms with E-state index >= 15 is 0 Å². The van der Waals surface area contributed by atoms with Crippen LogP contribution in [0.4, 0.5) is 0 Å². The highest BCUT2D eigenvalue weighted by Gasteiger charge is 2.21. The number of carbonyl (C=O) groups excluding carboxylic acids is 1. The smallest absolute Gasteiger partial charge is 0.268 e. The molecule has 2 aliphatic rings. The van der Waals surface area contributed by atoms with Crippen molar-refractivity contribution in [1.29, 1.82) is 0 Å². The van der Waals surface area contributed by atoms with Gasteiger partial charge < -0.3 is 4.90 Å². The highest BCUT2D eigenvalue weighted by Crippen LogP contribution is 2.06. The Morgan fingerprint density at radius 3 is 3.30 bits per heavy atom. The molecule has 1 amide bonds. The number of hydrogen-bond acceptors (Lipinski definition) is 3. The first-order valence-electron chi connectivity index (χ1n) is 2.95. The number of hydrogen-bond donors (Lipinski definition) is 0. The van der Waals surface area contributed by atoms with Crippen molar-refractivity contribution in [2.24, 2.45) is 9.98 Å². The van der Waals surface area contributed by atoms with Crippen molar-refractivity contribution in [2.75, 3.05) is 6.54 Å². The molecular formula is C6H5N3O. The third-order valence-corrected chi connectivity index (χ3v) is 1.33. The van der Waals surface area contributed by atoms with Gasteiger partial charge in [0, 0.05) is 12.4 Å². The molecule has 0 saturated carbocycles. The molecule has 2 heterocycles. The van der Waals surface area contributed by atoms with E-state index in [1.165, 1.54) is 0 Å². The van der Waals surface area contributed by atoms with E-state index in [1.807, 2.05) is 0 Å². The molecule has 50 valence electrons. The zero-order chi connectivity index (χ0) is 6.97. The van der Waals surface area contributed by atoms with Crippen molar-refractivity contribution < 1.29 is 4.79 Å². The second-order valence-electron chi connectivity index (χ2n) is 2.05. The molecule has 10 heavy (non-hydrogen) atoms. The number of guanidine groups is 1. The Bertz CT molecular complexity index is 264. The summed E-state index contributed by atoms with van der Waals surface area (Å²) in [6.45, 7) is 0.336. The Kier molecular flexibility index (Phi) is 0.943. The van der Waals surface area contributed by atoms with Crippen LogP contribution in [-0.2, 0) is 4.79 Å². The monoisotopic (exact) mass is 135 g/mol. The summed E-state index contributed by atoms with van der Waals surface area (Å²) in [6.07, 6.45) is 5.18. The van der Waals surface area contributed by atoms with Gasteiger partial charge in [-0.1, -0.05) is 0 Å². The predicted molar refractivity (Wildman–Crippen MR) is 36.8 cm³/mol. The van der Waals surface area contributed by atoms with Gasteiger partial charge in [0.05, 0.1) is 0 Å². The number of nitrogens with zero attached hydrogens (tertiary/aromatic N) is 3. The molecule has 0 fully saturated rings. The summed E-state index contributed by atoms with van der Waals surface area (Å²) < 4.78 is 0. The molecule has 0 aromatic carbocycles. The zero-order valence-electron chi connectivity index (χ0n) is 5.19. The van der Waals surface area contributed by atoms with Crippen LogP contribution in [0.1, 0.15) is 0 Å². The Morgan fingerprint density at radius 2 is 2.50 bits per heavy atom. The number of amides is 1. The number of rotatable bonds is 0. The molecule has 0 saturated heterocycles. The number of carbonyl (C=O) groups is 1. The van der Waals surface area contributed by atoms with Crippen LogP contribution >= 0.6 is 0 Å². The van der Waals surface area contributed by atoms with Crippen LogP contribution in [0.3, 0.4) is 0 Å². The molecule has 0 aliphatic carbocycles. The first kappa shape index (κ1) is 5.34. The number of aliphatic imine (C=N–C) groups is 2. The van der Waals surface area contributed by atoms with Crippen LogP contribution in [0.5, 0.6) is 0 Å². The quantitative estimate of drug-likeness (QED) is 0.461. The van der Waals surface area contributed by atoms with Crippen molar-refractivity contribution in [2.45, 2.75) is 0 Å². The molecule has 0 radical (unpaired) electrons. The molecule has 0 bridgehead atoms. The van der Waals surface area contributed by atoms with Gasteiger partial charge in [0.15, 0.2) is 0 Å². The van der Waals surface area contributed by atoms with Gasteiger partial charge in [-0.25, -0.2) is 4.99 Å². The Hall–Kier alpha value is -1.45. The average molecular weight is 135 g/mol. The predicted octanol–water partition coefficient (Wildman–Crippen LogP) is -0.217. The summed E-state index contributed by atoms with van der Waals surface area (Å²) in [7, 11) is 0. The van der Waals surface area contributed by atoms with E-state index in [0.29, 0.717) is 12.5 Å². The van der Waals surface area contributed by atoms with Gasteiger partial charge in [-0.3, -0.25) is 4.79 Å². The lowest BCUT2D eigenvalue weighted by Gasteiger charge is -2.11. The lowest BCUT2D eigenvalue weighted by Crippen LogP contribution is -2.22. The summed E-state index contributed by atoms with van der Waals surface area (Å²) in [5, 5.41) is 0. The Morgan fingerprint density at radius 1 is 1.60 bits per heavy atom. The molecule has 2 aliphatic heterocycles. The van der Waals surface area contributed by atoms with Crippen LogP contribution in [0.15, 0.2) is 22.3 Å². The van der Waals surface area contributed by atoms with Crippen molar-refractivity contribution >= 4 is 18.1 Å². The maximum absolute atomic E-state index is 10.7. The maximum atomic E-state index is 10.7. The molecule has 0 unspecified atom stereocenters. The molecule has 4 nitrogen and oxygen atoms in total. The second kappa shape index (κ2) is 1.76. The molecular weight excluding hydrogens is 130 g/mol. The zero-order valence-corrected chi connectivity index (χ0v) is 5.19. The van der Waals surface area contributed by atoms with Gasteiger partial charge in [0.25, 0.3) is 5.91 Å². The van der Waals surface area contributed by atoms with Crippen LogP contribution in [0.2, 0.25) is 0 Å². The van der Waals surface area contributed by atoms with E-state index in [1.54, 1.807) is 23.4 Å². The van der Waals surface area contributed by atoms with E-state index in [9.17, 15) is 4.79 Å². The fraction of sp³-hybridized carbons (Fsp3) is 0.167. The SMILES string of the molecule is O=C1CN2C=CC=NC2=N1. The minimum Gasteiger partial charge on any atom is -0.308 e. The van der Waals surface area contributed by atoms with Gasteiger partial charge in [0.2, 0.25) is 5.96 Å². The van der Waals surface area contributed by atoms with E-state index < -0.39 is 0 Å². The third-order valence-electron chi connectivity index (χ3n) is 1.33.